The zero-order chi connectivity index (χ0) is 18.8. The number of nitrogens with zero attached hydrogens (tertiary/aromatic N) is 4. The molecule has 1 amide bonds. The van der Waals surface area contributed by atoms with E-state index in [-0.39, 0.29) is 18.3 Å². The van der Waals surface area contributed by atoms with Gasteiger partial charge in [0.25, 0.3) is 5.91 Å². The van der Waals surface area contributed by atoms with E-state index in [9.17, 15) is 9.18 Å². The summed E-state index contributed by atoms with van der Waals surface area (Å²) in [6.07, 6.45) is 1.81. The van der Waals surface area contributed by atoms with Gasteiger partial charge in [-0.25, -0.2) is 13.9 Å². The average molecular weight is 385 g/mol. The van der Waals surface area contributed by atoms with Crippen molar-refractivity contribution in [1.82, 2.24) is 19.9 Å². The number of anilines is 1. The van der Waals surface area contributed by atoms with Crippen LogP contribution in [0.5, 0.6) is 0 Å². The summed E-state index contributed by atoms with van der Waals surface area (Å²) < 4.78 is 15.4. The Balaban J connectivity index is 1.59. The molecule has 0 radical (unpaired) electrons. The molecule has 27 heavy (non-hydrogen) atoms. The topological polar surface area (TPSA) is 62.5 Å². The molecule has 0 atom stereocenters. The largest absolute Gasteiger partial charge is 0.353 e. The molecule has 140 valence electrons. The first-order valence-corrected chi connectivity index (χ1v) is 9.98. The van der Waals surface area contributed by atoms with Gasteiger partial charge in [-0.15, -0.1) is 0 Å². The van der Waals surface area contributed by atoms with E-state index in [1.54, 1.807) is 28.8 Å². The van der Waals surface area contributed by atoms with Crippen molar-refractivity contribution in [2.45, 2.75) is 13.5 Å². The summed E-state index contributed by atoms with van der Waals surface area (Å²) in [7, 11) is 0. The smallest absolute Gasteiger partial charge is 0.272 e. The zero-order valence-electron chi connectivity index (χ0n) is 15.0. The summed E-state index contributed by atoms with van der Waals surface area (Å²) in [5.41, 5.74) is 2.39. The summed E-state index contributed by atoms with van der Waals surface area (Å²) in [6, 6.07) is 8.15. The highest BCUT2D eigenvalue weighted by Gasteiger charge is 2.19. The molecule has 3 aromatic rings. The van der Waals surface area contributed by atoms with Gasteiger partial charge < -0.3 is 10.2 Å². The maximum absolute atomic E-state index is 13.7. The van der Waals surface area contributed by atoms with Crippen molar-refractivity contribution in [2.75, 3.05) is 29.5 Å². The molecule has 1 saturated heterocycles. The van der Waals surface area contributed by atoms with Crippen LogP contribution in [-0.2, 0) is 6.54 Å². The molecular weight excluding hydrogens is 365 g/mol. The Bertz CT molecular complexity index is 983. The Hall–Kier alpha value is -2.61. The highest BCUT2D eigenvalue weighted by atomic mass is 32.2. The molecule has 1 aliphatic heterocycles. The first kappa shape index (κ1) is 17.8. The zero-order valence-corrected chi connectivity index (χ0v) is 15.8. The van der Waals surface area contributed by atoms with Crippen molar-refractivity contribution in [3.63, 3.8) is 0 Å². The number of hydrogen-bond donors (Lipinski definition) is 1. The summed E-state index contributed by atoms with van der Waals surface area (Å²) >= 11 is 1.93. The van der Waals surface area contributed by atoms with Gasteiger partial charge in [-0.1, -0.05) is 18.2 Å². The molecule has 3 heterocycles. The second-order valence-electron chi connectivity index (χ2n) is 6.44. The number of aryl methyl sites for hydroxylation is 1. The molecule has 1 aromatic carbocycles. The van der Waals surface area contributed by atoms with Crippen LogP contribution in [0.2, 0.25) is 0 Å². The van der Waals surface area contributed by atoms with E-state index >= 15 is 0 Å². The Labute approximate surface area is 160 Å². The maximum Gasteiger partial charge on any atom is 0.272 e. The van der Waals surface area contributed by atoms with Gasteiger partial charge in [0.15, 0.2) is 11.5 Å². The van der Waals surface area contributed by atoms with E-state index in [1.807, 2.05) is 24.9 Å². The number of rotatable bonds is 4. The number of halogens is 1. The van der Waals surface area contributed by atoms with Crippen LogP contribution in [-0.4, -0.2) is 45.1 Å². The monoisotopic (exact) mass is 385 g/mol. The highest BCUT2D eigenvalue weighted by Crippen LogP contribution is 2.24. The molecule has 8 heteroatoms. The van der Waals surface area contributed by atoms with E-state index in [0.717, 1.165) is 41.6 Å². The second-order valence-corrected chi connectivity index (χ2v) is 7.66. The van der Waals surface area contributed by atoms with Gasteiger partial charge in [-0.05, 0) is 13.0 Å². The third-order valence-corrected chi connectivity index (χ3v) is 5.44. The third kappa shape index (κ3) is 3.75. The molecule has 0 spiro atoms. The van der Waals surface area contributed by atoms with Crippen molar-refractivity contribution >= 4 is 29.0 Å². The fraction of sp³-hybridized carbons (Fsp3) is 0.316. The lowest BCUT2D eigenvalue weighted by atomic mass is 10.2. The lowest BCUT2D eigenvalue weighted by Crippen LogP contribution is -2.33. The predicted octanol–water partition coefficient (Wildman–Crippen LogP) is 2.66. The fourth-order valence-corrected chi connectivity index (χ4v) is 4.02. The van der Waals surface area contributed by atoms with Gasteiger partial charge >= 0.3 is 0 Å². The van der Waals surface area contributed by atoms with Crippen molar-refractivity contribution in [3.8, 4) is 0 Å². The quantitative estimate of drug-likeness (QED) is 0.748. The minimum Gasteiger partial charge on any atom is -0.353 e. The highest BCUT2D eigenvalue weighted by molar-refractivity contribution is 7.99. The van der Waals surface area contributed by atoms with Crippen LogP contribution < -0.4 is 10.2 Å². The van der Waals surface area contributed by atoms with Gasteiger partial charge in [0.05, 0.1) is 11.9 Å². The van der Waals surface area contributed by atoms with Gasteiger partial charge in [-0.2, -0.15) is 16.9 Å². The van der Waals surface area contributed by atoms with Gasteiger partial charge in [-0.3, -0.25) is 4.79 Å². The molecule has 2 aromatic heterocycles. The molecule has 1 N–H and O–H groups in total. The summed E-state index contributed by atoms with van der Waals surface area (Å²) in [6.45, 7) is 3.89. The van der Waals surface area contributed by atoms with Crippen LogP contribution in [0.3, 0.4) is 0 Å². The fourth-order valence-electron chi connectivity index (χ4n) is 3.12. The Morgan fingerprint density at radius 3 is 2.85 bits per heavy atom. The molecule has 4 rings (SSSR count). The molecule has 0 saturated carbocycles. The number of nitrogens with one attached hydrogen (secondary N) is 1. The Morgan fingerprint density at radius 2 is 2.07 bits per heavy atom. The number of hydrogen-bond acceptors (Lipinski definition) is 5. The van der Waals surface area contributed by atoms with Crippen LogP contribution in [0.15, 0.2) is 36.5 Å². The van der Waals surface area contributed by atoms with E-state index in [4.69, 9.17) is 0 Å². The van der Waals surface area contributed by atoms with E-state index in [1.165, 1.54) is 6.07 Å². The van der Waals surface area contributed by atoms with Crippen LogP contribution in [0.25, 0.3) is 5.52 Å². The molecule has 6 nitrogen and oxygen atoms in total. The lowest BCUT2D eigenvalue weighted by molar-refractivity contribution is 0.0945. The Kier molecular flexibility index (Phi) is 4.98. The Morgan fingerprint density at radius 1 is 1.30 bits per heavy atom. The molecular formula is C19H20FN5OS. The second kappa shape index (κ2) is 7.56. The normalized spacial score (nSPS) is 14.5. The summed E-state index contributed by atoms with van der Waals surface area (Å²) in [5.74, 6) is 2.31. The standard InChI is InChI=1S/C19H20FN5OS/c1-13-12-25-17(18(22-13)24-6-8-27-9-7-24)10-16(23-25)19(26)21-11-14-4-2-3-5-15(14)20/h2-5,10,12H,6-9,11H2,1H3,(H,21,26). The molecule has 0 unspecified atom stereocenters. The van der Waals surface area contributed by atoms with Gasteiger partial charge in [0.2, 0.25) is 0 Å². The minimum absolute atomic E-state index is 0.118. The first-order valence-electron chi connectivity index (χ1n) is 8.83. The number of aromatic nitrogens is 3. The van der Waals surface area contributed by atoms with Crippen molar-refractivity contribution in [3.05, 3.63) is 59.3 Å². The van der Waals surface area contributed by atoms with Crippen LogP contribution in [0.1, 0.15) is 21.7 Å². The van der Waals surface area contributed by atoms with E-state index in [2.05, 4.69) is 20.3 Å². The maximum atomic E-state index is 13.7. The van der Waals surface area contributed by atoms with Crippen molar-refractivity contribution in [1.29, 1.82) is 0 Å². The van der Waals surface area contributed by atoms with Gasteiger partial charge in [0.1, 0.15) is 11.3 Å². The number of carbonyl (C=O) groups is 1. The van der Waals surface area contributed by atoms with Crippen LogP contribution in [0, 0.1) is 12.7 Å². The van der Waals surface area contributed by atoms with Crippen LogP contribution in [0.4, 0.5) is 10.2 Å². The third-order valence-electron chi connectivity index (χ3n) is 4.50. The summed E-state index contributed by atoms with van der Waals surface area (Å²) in [4.78, 5) is 19.4. The van der Waals surface area contributed by atoms with Gasteiger partial charge in [0, 0.05) is 42.8 Å². The average Bonchev–Trinajstić information content (AvgIpc) is 3.11. The van der Waals surface area contributed by atoms with E-state index in [0.29, 0.717) is 11.3 Å². The number of fused-ring (bicyclic) bond motifs is 1. The van der Waals surface area contributed by atoms with Crippen LogP contribution >= 0.6 is 11.8 Å². The number of benzene rings is 1. The van der Waals surface area contributed by atoms with E-state index < -0.39 is 0 Å². The lowest BCUT2D eigenvalue weighted by Gasteiger charge is -2.28. The number of amides is 1. The first-order chi connectivity index (χ1) is 13.1. The SMILES string of the molecule is Cc1cn2nc(C(=O)NCc3ccccc3F)cc2c(N2CCSCC2)n1. The number of thioether (sulfide) groups is 1. The predicted molar refractivity (Wildman–Crippen MR) is 105 cm³/mol. The summed E-state index contributed by atoms with van der Waals surface area (Å²) in [5, 5.41) is 7.14. The van der Waals surface area contributed by atoms with Crippen molar-refractivity contribution in [2.24, 2.45) is 0 Å². The number of carbonyl (C=O) groups excluding carboxylic acids is 1. The molecule has 1 fully saturated rings. The molecule has 0 bridgehead atoms. The molecule has 1 aliphatic rings. The van der Waals surface area contributed by atoms with Crippen molar-refractivity contribution < 1.29 is 9.18 Å². The minimum atomic E-state index is -0.335. The molecule has 0 aliphatic carbocycles.